The first-order chi connectivity index (χ1) is 9.40. The molecule has 0 spiro atoms. The van der Waals surface area contributed by atoms with E-state index in [2.05, 4.69) is 21.2 Å². The molecule has 4 nitrogen and oxygen atoms in total. The van der Waals surface area contributed by atoms with E-state index in [1.165, 1.54) is 0 Å². The van der Waals surface area contributed by atoms with Crippen LogP contribution in [0.5, 0.6) is 5.75 Å². The second-order valence-electron chi connectivity index (χ2n) is 4.62. The van der Waals surface area contributed by atoms with Crippen LogP contribution in [0.25, 0.3) is 0 Å². The van der Waals surface area contributed by atoms with Crippen LogP contribution in [-0.4, -0.2) is 29.8 Å². The summed E-state index contributed by atoms with van der Waals surface area (Å²) in [4.78, 5) is 11.8. The summed E-state index contributed by atoms with van der Waals surface area (Å²) in [7, 11) is 0. The van der Waals surface area contributed by atoms with Gasteiger partial charge in [-0.15, -0.1) is 0 Å². The van der Waals surface area contributed by atoms with Crippen LogP contribution in [0.2, 0.25) is 5.02 Å². The van der Waals surface area contributed by atoms with Crippen molar-refractivity contribution in [3.05, 3.63) is 27.7 Å². The molecule has 0 saturated heterocycles. The van der Waals surface area contributed by atoms with Gasteiger partial charge in [-0.3, -0.25) is 4.79 Å². The number of amides is 1. The molecule has 0 fully saturated rings. The maximum absolute atomic E-state index is 11.8. The largest absolute Gasteiger partial charge is 0.480 e. The van der Waals surface area contributed by atoms with Crippen molar-refractivity contribution >= 4 is 33.4 Å². The highest BCUT2D eigenvalue weighted by Crippen LogP contribution is 2.28. The maximum Gasteiger partial charge on any atom is 0.260 e. The van der Waals surface area contributed by atoms with Crippen LogP contribution in [0.3, 0.4) is 0 Å². The normalized spacial score (nSPS) is 13.7. The summed E-state index contributed by atoms with van der Waals surface area (Å²) in [5.74, 6) is 0.387. The van der Waals surface area contributed by atoms with E-state index < -0.39 is 6.10 Å². The molecule has 0 radical (unpaired) electrons. The van der Waals surface area contributed by atoms with E-state index >= 15 is 0 Å². The Balaban J connectivity index is 2.41. The first-order valence-corrected chi connectivity index (χ1v) is 7.64. The standard InChI is InChI=1S/C14H19BrClNO3/c1-9(18)4-3-7-17-14(19)10(2)20-13-6-5-11(16)8-12(13)15/h5-6,8-10,18H,3-4,7H2,1-2H3,(H,17,19). The summed E-state index contributed by atoms with van der Waals surface area (Å²) >= 11 is 9.18. The van der Waals surface area contributed by atoms with E-state index in [9.17, 15) is 4.79 Å². The molecule has 0 aliphatic carbocycles. The number of nitrogens with one attached hydrogen (secondary N) is 1. The van der Waals surface area contributed by atoms with E-state index in [0.717, 1.165) is 6.42 Å². The lowest BCUT2D eigenvalue weighted by Crippen LogP contribution is -2.37. The Kier molecular flexibility index (Phi) is 7.34. The van der Waals surface area contributed by atoms with Crippen LogP contribution in [-0.2, 0) is 4.79 Å². The van der Waals surface area contributed by atoms with Gasteiger partial charge in [-0.2, -0.15) is 0 Å². The monoisotopic (exact) mass is 363 g/mol. The molecule has 2 unspecified atom stereocenters. The molecule has 112 valence electrons. The molecule has 20 heavy (non-hydrogen) atoms. The summed E-state index contributed by atoms with van der Waals surface area (Å²) in [5.41, 5.74) is 0. The van der Waals surface area contributed by atoms with Crippen molar-refractivity contribution < 1.29 is 14.6 Å². The fraction of sp³-hybridized carbons (Fsp3) is 0.500. The van der Waals surface area contributed by atoms with Crippen LogP contribution >= 0.6 is 27.5 Å². The highest BCUT2D eigenvalue weighted by atomic mass is 79.9. The number of hydrogen-bond acceptors (Lipinski definition) is 3. The van der Waals surface area contributed by atoms with Crippen molar-refractivity contribution in [1.29, 1.82) is 0 Å². The molecule has 0 aliphatic rings. The molecule has 1 aromatic rings. The van der Waals surface area contributed by atoms with Gasteiger partial charge in [0.1, 0.15) is 5.75 Å². The number of carbonyl (C=O) groups is 1. The number of carbonyl (C=O) groups excluding carboxylic acids is 1. The van der Waals surface area contributed by atoms with Crippen molar-refractivity contribution in [3.63, 3.8) is 0 Å². The Hall–Kier alpha value is -0.780. The van der Waals surface area contributed by atoms with Gasteiger partial charge in [-0.1, -0.05) is 11.6 Å². The first-order valence-electron chi connectivity index (χ1n) is 6.47. The summed E-state index contributed by atoms with van der Waals surface area (Å²) in [6, 6.07) is 5.13. The van der Waals surface area contributed by atoms with Crippen LogP contribution in [0, 0.1) is 0 Å². The maximum atomic E-state index is 11.8. The predicted octanol–water partition coefficient (Wildman–Crippen LogP) is 3.15. The lowest BCUT2D eigenvalue weighted by Gasteiger charge is -2.16. The van der Waals surface area contributed by atoms with Crippen molar-refractivity contribution in [1.82, 2.24) is 5.32 Å². The molecule has 0 aromatic heterocycles. The summed E-state index contributed by atoms with van der Waals surface area (Å²) in [5, 5.41) is 12.5. The quantitative estimate of drug-likeness (QED) is 0.731. The molecule has 0 heterocycles. The van der Waals surface area contributed by atoms with Crippen molar-refractivity contribution in [3.8, 4) is 5.75 Å². The lowest BCUT2D eigenvalue weighted by molar-refractivity contribution is -0.127. The number of halogens is 2. The molecule has 1 aromatic carbocycles. The summed E-state index contributed by atoms with van der Waals surface area (Å²) in [6.07, 6.45) is 0.462. The van der Waals surface area contributed by atoms with Crippen LogP contribution in [0.1, 0.15) is 26.7 Å². The molecular formula is C14H19BrClNO3. The van der Waals surface area contributed by atoms with Gasteiger partial charge in [0.2, 0.25) is 0 Å². The third kappa shape index (κ3) is 6.11. The molecule has 1 rings (SSSR count). The fourth-order valence-corrected chi connectivity index (χ4v) is 2.34. The second kappa shape index (κ2) is 8.49. The molecule has 0 aliphatic heterocycles. The molecule has 1 amide bonds. The minimum absolute atomic E-state index is 0.183. The number of ether oxygens (including phenoxy) is 1. The minimum Gasteiger partial charge on any atom is -0.480 e. The summed E-state index contributed by atoms with van der Waals surface area (Å²) < 4.78 is 6.28. The van der Waals surface area contributed by atoms with Gasteiger partial charge in [0.25, 0.3) is 5.91 Å². The Morgan fingerprint density at radius 2 is 2.20 bits per heavy atom. The van der Waals surface area contributed by atoms with Gasteiger partial charge >= 0.3 is 0 Å². The Bertz CT molecular complexity index is 454. The highest BCUT2D eigenvalue weighted by Gasteiger charge is 2.15. The fourth-order valence-electron chi connectivity index (χ4n) is 1.57. The molecular weight excluding hydrogens is 346 g/mol. The van der Waals surface area contributed by atoms with Crippen molar-refractivity contribution in [2.24, 2.45) is 0 Å². The number of aliphatic hydroxyl groups excluding tert-OH is 1. The van der Waals surface area contributed by atoms with E-state index in [1.807, 2.05) is 0 Å². The first kappa shape index (κ1) is 17.3. The SMILES string of the molecule is CC(O)CCCNC(=O)C(C)Oc1ccc(Cl)cc1Br. The molecule has 2 N–H and O–H groups in total. The Labute approximate surface area is 132 Å². The Morgan fingerprint density at radius 1 is 1.50 bits per heavy atom. The van der Waals surface area contributed by atoms with Gasteiger partial charge < -0.3 is 15.2 Å². The molecule has 6 heteroatoms. The molecule has 2 atom stereocenters. The third-order valence-electron chi connectivity index (χ3n) is 2.66. The smallest absolute Gasteiger partial charge is 0.260 e. The number of benzene rings is 1. The molecule has 0 bridgehead atoms. The third-order valence-corrected chi connectivity index (χ3v) is 3.52. The molecule has 0 saturated carbocycles. The summed E-state index contributed by atoms with van der Waals surface area (Å²) in [6.45, 7) is 3.94. The van der Waals surface area contributed by atoms with E-state index in [1.54, 1.807) is 32.0 Å². The van der Waals surface area contributed by atoms with Gasteiger partial charge in [0.05, 0.1) is 10.6 Å². The van der Waals surface area contributed by atoms with Crippen molar-refractivity contribution in [2.45, 2.75) is 38.9 Å². The van der Waals surface area contributed by atoms with Crippen LogP contribution in [0.4, 0.5) is 0 Å². The Morgan fingerprint density at radius 3 is 2.80 bits per heavy atom. The van der Waals surface area contributed by atoms with Gasteiger partial charge in [-0.05, 0) is 60.8 Å². The topological polar surface area (TPSA) is 58.6 Å². The van der Waals surface area contributed by atoms with Crippen LogP contribution < -0.4 is 10.1 Å². The van der Waals surface area contributed by atoms with E-state index in [-0.39, 0.29) is 12.0 Å². The van der Waals surface area contributed by atoms with Gasteiger partial charge in [0.15, 0.2) is 6.10 Å². The van der Waals surface area contributed by atoms with E-state index in [4.69, 9.17) is 21.4 Å². The highest BCUT2D eigenvalue weighted by molar-refractivity contribution is 9.10. The van der Waals surface area contributed by atoms with Gasteiger partial charge in [-0.25, -0.2) is 0 Å². The number of hydrogen-bond donors (Lipinski definition) is 2. The van der Waals surface area contributed by atoms with Gasteiger partial charge in [0, 0.05) is 11.6 Å². The lowest BCUT2D eigenvalue weighted by atomic mass is 10.2. The zero-order chi connectivity index (χ0) is 15.1. The second-order valence-corrected chi connectivity index (χ2v) is 5.91. The average molecular weight is 365 g/mol. The van der Waals surface area contributed by atoms with Crippen molar-refractivity contribution in [2.75, 3.05) is 6.54 Å². The van der Waals surface area contributed by atoms with E-state index in [0.29, 0.717) is 28.2 Å². The van der Waals surface area contributed by atoms with Crippen LogP contribution in [0.15, 0.2) is 22.7 Å². The number of aliphatic hydroxyl groups is 1. The zero-order valence-corrected chi connectivity index (χ0v) is 13.9. The predicted molar refractivity (Wildman–Crippen MR) is 83.2 cm³/mol. The number of rotatable bonds is 7. The zero-order valence-electron chi connectivity index (χ0n) is 11.5. The average Bonchev–Trinajstić information content (AvgIpc) is 2.37. The minimum atomic E-state index is -0.598.